The first kappa shape index (κ1) is 14.8. The lowest BCUT2D eigenvalue weighted by Crippen LogP contribution is -2.48. The van der Waals surface area contributed by atoms with Gasteiger partial charge in [0.1, 0.15) is 11.6 Å². The number of carbonyl (C=O) groups is 1. The SMILES string of the molecule is CC(C)(Oc1ccc(F)cc1)C(=O)NCC1(CO)CC1. The summed E-state index contributed by atoms with van der Waals surface area (Å²) in [6.07, 6.45) is 1.87. The molecule has 1 aromatic rings. The van der Waals surface area contributed by atoms with Crippen LogP contribution in [0.4, 0.5) is 4.39 Å². The number of benzene rings is 1. The largest absolute Gasteiger partial charge is 0.478 e. The van der Waals surface area contributed by atoms with Crippen molar-refractivity contribution in [1.82, 2.24) is 5.32 Å². The number of aliphatic hydroxyl groups excluding tert-OH is 1. The van der Waals surface area contributed by atoms with Gasteiger partial charge in [-0.15, -0.1) is 0 Å². The van der Waals surface area contributed by atoms with Gasteiger partial charge in [-0.05, 0) is 51.0 Å². The maximum absolute atomic E-state index is 12.8. The molecule has 4 nitrogen and oxygen atoms in total. The minimum atomic E-state index is -1.05. The lowest BCUT2D eigenvalue weighted by atomic mass is 10.1. The van der Waals surface area contributed by atoms with Gasteiger partial charge in [0.05, 0.1) is 6.61 Å². The number of amides is 1. The Kier molecular flexibility index (Phi) is 3.99. The zero-order valence-corrected chi connectivity index (χ0v) is 11.8. The van der Waals surface area contributed by atoms with Crippen LogP contribution in [0.15, 0.2) is 24.3 Å². The highest BCUT2D eigenvalue weighted by atomic mass is 19.1. The minimum absolute atomic E-state index is 0.0898. The number of aliphatic hydroxyl groups is 1. The van der Waals surface area contributed by atoms with Crippen molar-refractivity contribution in [2.24, 2.45) is 5.41 Å². The van der Waals surface area contributed by atoms with E-state index >= 15 is 0 Å². The molecule has 1 amide bonds. The smallest absolute Gasteiger partial charge is 0.263 e. The number of ether oxygens (including phenoxy) is 1. The van der Waals surface area contributed by atoms with Gasteiger partial charge in [-0.3, -0.25) is 4.79 Å². The highest BCUT2D eigenvalue weighted by Crippen LogP contribution is 2.44. The fourth-order valence-corrected chi connectivity index (χ4v) is 1.89. The topological polar surface area (TPSA) is 58.6 Å². The molecule has 2 N–H and O–H groups in total. The maximum Gasteiger partial charge on any atom is 0.263 e. The van der Waals surface area contributed by atoms with Crippen LogP contribution in [0.1, 0.15) is 26.7 Å². The molecule has 0 bridgehead atoms. The van der Waals surface area contributed by atoms with Gasteiger partial charge in [-0.2, -0.15) is 0 Å². The lowest BCUT2D eigenvalue weighted by Gasteiger charge is -2.26. The Morgan fingerprint density at radius 2 is 2.00 bits per heavy atom. The Balaban J connectivity index is 1.91. The van der Waals surface area contributed by atoms with Crippen LogP contribution in [-0.4, -0.2) is 29.8 Å². The van der Waals surface area contributed by atoms with Crippen molar-refractivity contribution in [1.29, 1.82) is 0 Å². The van der Waals surface area contributed by atoms with Crippen LogP contribution in [0.3, 0.4) is 0 Å². The molecule has 1 aliphatic carbocycles. The third-order valence-electron chi connectivity index (χ3n) is 3.65. The van der Waals surface area contributed by atoms with E-state index in [9.17, 15) is 14.3 Å². The van der Waals surface area contributed by atoms with Crippen molar-refractivity contribution in [3.05, 3.63) is 30.1 Å². The highest BCUT2D eigenvalue weighted by Gasteiger charge is 2.43. The van der Waals surface area contributed by atoms with Gasteiger partial charge >= 0.3 is 0 Å². The van der Waals surface area contributed by atoms with E-state index < -0.39 is 5.60 Å². The molecule has 110 valence electrons. The normalized spacial score (nSPS) is 16.6. The molecular formula is C15H20FNO3. The van der Waals surface area contributed by atoms with Crippen LogP contribution in [0, 0.1) is 11.2 Å². The summed E-state index contributed by atoms with van der Waals surface area (Å²) in [5.74, 6) is -0.158. The Morgan fingerprint density at radius 1 is 1.40 bits per heavy atom. The molecule has 0 saturated heterocycles. The number of nitrogens with one attached hydrogen (secondary N) is 1. The van der Waals surface area contributed by atoms with Crippen molar-refractivity contribution >= 4 is 5.91 Å². The van der Waals surface area contributed by atoms with Crippen molar-refractivity contribution < 1.29 is 19.0 Å². The average Bonchev–Trinajstić information content (AvgIpc) is 3.19. The average molecular weight is 281 g/mol. The fourth-order valence-electron chi connectivity index (χ4n) is 1.89. The molecule has 0 spiro atoms. The summed E-state index contributed by atoms with van der Waals surface area (Å²) >= 11 is 0. The fraction of sp³-hybridized carbons (Fsp3) is 0.533. The minimum Gasteiger partial charge on any atom is -0.478 e. The van der Waals surface area contributed by atoms with Crippen molar-refractivity contribution in [2.75, 3.05) is 13.2 Å². The number of rotatable bonds is 6. The van der Waals surface area contributed by atoms with E-state index in [0.29, 0.717) is 12.3 Å². The number of halogens is 1. The Morgan fingerprint density at radius 3 is 2.50 bits per heavy atom. The Bertz CT molecular complexity index is 480. The summed E-state index contributed by atoms with van der Waals surface area (Å²) in [6.45, 7) is 3.86. The van der Waals surface area contributed by atoms with Gasteiger partial charge in [-0.1, -0.05) is 0 Å². The molecule has 5 heteroatoms. The van der Waals surface area contributed by atoms with Crippen LogP contribution in [0.2, 0.25) is 0 Å². The molecule has 0 aromatic heterocycles. The standard InChI is InChI=1S/C15H20FNO3/c1-14(2,20-12-5-3-11(16)4-6-12)13(19)17-9-15(10-18)7-8-15/h3-6,18H,7-10H2,1-2H3,(H,17,19). The zero-order chi connectivity index (χ0) is 14.8. The predicted octanol–water partition coefficient (Wildman–Crippen LogP) is 1.87. The quantitative estimate of drug-likeness (QED) is 0.837. The molecule has 1 fully saturated rings. The highest BCUT2D eigenvalue weighted by molar-refractivity contribution is 5.84. The summed E-state index contributed by atoms with van der Waals surface area (Å²) in [5.41, 5.74) is -1.19. The van der Waals surface area contributed by atoms with E-state index in [1.165, 1.54) is 24.3 Å². The first-order chi connectivity index (χ1) is 9.37. The first-order valence-electron chi connectivity index (χ1n) is 6.71. The molecule has 0 radical (unpaired) electrons. The molecular weight excluding hydrogens is 261 g/mol. The van der Waals surface area contributed by atoms with Crippen LogP contribution >= 0.6 is 0 Å². The van der Waals surface area contributed by atoms with Gasteiger partial charge < -0.3 is 15.2 Å². The number of carbonyl (C=O) groups excluding carboxylic acids is 1. The second-order valence-corrected chi connectivity index (χ2v) is 5.91. The van der Waals surface area contributed by atoms with Gasteiger partial charge in [0.15, 0.2) is 5.60 Å². The van der Waals surface area contributed by atoms with Crippen LogP contribution in [0.25, 0.3) is 0 Å². The maximum atomic E-state index is 12.8. The van der Waals surface area contributed by atoms with E-state index in [1.54, 1.807) is 13.8 Å². The van der Waals surface area contributed by atoms with Crippen LogP contribution in [0.5, 0.6) is 5.75 Å². The molecule has 1 aromatic carbocycles. The van der Waals surface area contributed by atoms with Gasteiger partial charge in [0, 0.05) is 12.0 Å². The van der Waals surface area contributed by atoms with Crippen molar-refractivity contribution in [3.63, 3.8) is 0 Å². The summed E-state index contributed by atoms with van der Waals surface area (Å²) < 4.78 is 18.4. The van der Waals surface area contributed by atoms with E-state index in [4.69, 9.17) is 4.74 Å². The van der Waals surface area contributed by atoms with Crippen molar-refractivity contribution in [2.45, 2.75) is 32.3 Å². The summed E-state index contributed by atoms with van der Waals surface area (Å²) in [6, 6.07) is 5.55. The molecule has 0 atom stereocenters. The molecule has 0 heterocycles. The van der Waals surface area contributed by atoms with E-state index in [-0.39, 0.29) is 23.7 Å². The first-order valence-corrected chi connectivity index (χ1v) is 6.71. The van der Waals surface area contributed by atoms with E-state index in [0.717, 1.165) is 12.8 Å². The molecule has 1 saturated carbocycles. The van der Waals surface area contributed by atoms with Gasteiger partial charge in [0.2, 0.25) is 0 Å². The number of hydrogen-bond donors (Lipinski definition) is 2. The summed E-state index contributed by atoms with van der Waals surface area (Å²) in [4.78, 5) is 12.1. The molecule has 0 unspecified atom stereocenters. The second kappa shape index (κ2) is 5.40. The second-order valence-electron chi connectivity index (χ2n) is 5.91. The van der Waals surface area contributed by atoms with E-state index in [1.807, 2.05) is 0 Å². The molecule has 0 aliphatic heterocycles. The van der Waals surface area contributed by atoms with Crippen LogP contribution < -0.4 is 10.1 Å². The monoisotopic (exact) mass is 281 g/mol. The summed E-state index contributed by atoms with van der Waals surface area (Å²) in [5, 5.41) is 12.0. The Labute approximate surface area is 117 Å². The van der Waals surface area contributed by atoms with Crippen molar-refractivity contribution in [3.8, 4) is 5.75 Å². The zero-order valence-electron chi connectivity index (χ0n) is 11.8. The summed E-state index contributed by atoms with van der Waals surface area (Å²) in [7, 11) is 0. The van der Waals surface area contributed by atoms with Crippen LogP contribution in [-0.2, 0) is 4.79 Å². The molecule has 2 rings (SSSR count). The lowest BCUT2D eigenvalue weighted by molar-refractivity contribution is -0.134. The third-order valence-corrected chi connectivity index (χ3v) is 3.65. The molecule has 20 heavy (non-hydrogen) atoms. The van der Waals surface area contributed by atoms with Gasteiger partial charge in [-0.25, -0.2) is 4.39 Å². The van der Waals surface area contributed by atoms with Gasteiger partial charge in [0.25, 0.3) is 5.91 Å². The third kappa shape index (κ3) is 3.48. The molecule has 1 aliphatic rings. The van der Waals surface area contributed by atoms with E-state index in [2.05, 4.69) is 5.32 Å². The predicted molar refractivity (Wildman–Crippen MR) is 72.9 cm³/mol. The number of hydrogen-bond acceptors (Lipinski definition) is 3. The Hall–Kier alpha value is -1.62.